The third kappa shape index (κ3) is 4.71. The summed E-state index contributed by atoms with van der Waals surface area (Å²) in [7, 11) is 0. The molecule has 3 nitrogen and oxygen atoms in total. The van der Waals surface area contributed by atoms with Gasteiger partial charge in [0.25, 0.3) is 0 Å². The van der Waals surface area contributed by atoms with Crippen molar-refractivity contribution >= 4 is 0 Å². The lowest BCUT2D eigenvalue weighted by atomic mass is 10.1. The lowest BCUT2D eigenvalue weighted by Gasteiger charge is -2.14. The molecule has 0 unspecified atom stereocenters. The van der Waals surface area contributed by atoms with Gasteiger partial charge in [-0.2, -0.15) is 0 Å². The van der Waals surface area contributed by atoms with Crippen LogP contribution in [0.2, 0.25) is 0 Å². The summed E-state index contributed by atoms with van der Waals surface area (Å²) in [5.74, 6) is 0.168. The van der Waals surface area contributed by atoms with Gasteiger partial charge in [0.05, 0.1) is 12.7 Å². The van der Waals surface area contributed by atoms with E-state index in [0.29, 0.717) is 19.0 Å². The summed E-state index contributed by atoms with van der Waals surface area (Å²) in [5.41, 5.74) is 6.59. The summed E-state index contributed by atoms with van der Waals surface area (Å²) < 4.78 is 23.9. The monoisotopic (exact) mass is 241 g/mol. The molecule has 0 saturated carbocycles. The second-order valence-electron chi connectivity index (χ2n) is 4.24. The maximum Gasteiger partial charge on any atom is 0.127 e. The second kappa shape index (κ2) is 6.57. The summed E-state index contributed by atoms with van der Waals surface area (Å²) in [6.07, 6.45) is 0.166. The Morgan fingerprint density at radius 2 is 1.94 bits per heavy atom. The fourth-order valence-electron chi connectivity index (χ4n) is 1.44. The Morgan fingerprint density at radius 1 is 1.24 bits per heavy atom. The highest BCUT2D eigenvalue weighted by atomic mass is 19.1. The van der Waals surface area contributed by atoms with Crippen molar-refractivity contribution in [3.63, 3.8) is 0 Å². The molecule has 1 atom stereocenters. The Balaban J connectivity index is 2.59. The number of benzene rings is 1. The molecule has 0 heterocycles. The smallest absolute Gasteiger partial charge is 0.127 e. The maximum atomic E-state index is 13.1. The summed E-state index contributed by atoms with van der Waals surface area (Å²) >= 11 is 0. The molecule has 0 aliphatic heterocycles. The first-order chi connectivity index (χ1) is 8.00. The van der Waals surface area contributed by atoms with Crippen LogP contribution in [0.15, 0.2) is 18.2 Å². The zero-order valence-electron chi connectivity index (χ0n) is 10.6. The van der Waals surface area contributed by atoms with Crippen LogP contribution in [0.5, 0.6) is 5.75 Å². The molecular weight excluding hydrogens is 221 g/mol. The van der Waals surface area contributed by atoms with E-state index in [1.54, 1.807) is 6.07 Å². The van der Waals surface area contributed by atoms with Crippen molar-refractivity contribution in [3.8, 4) is 5.75 Å². The van der Waals surface area contributed by atoms with Crippen LogP contribution in [0.1, 0.15) is 32.4 Å². The number of rotatable bonds is 6. The zero-order valence-corrected chi connectivity index (χ0v) is 10.6. The molecule has 0 aliphatic carbocycles. The molecule has 1 aromatic rings. The van der Waals surface area contributed by atoms with Crippen molar-refractivity contribution in [1.29, 1.82) is 0 Å². The van der Waals surface area contributed by atoms with Crippen LogP contribution in [-0.4, -0.2) is 19.3 Å². The Hall–Kier alpha value is -1.13. The standard InChI is InChI=1S/C13H20FNO2/c1-9(2)16-6-7-17-13-8-11(14)4-5-12(13)10(3)15/h4-5,8-10H,6-7,15H2,1-3H3/t10-/m0/s1. The molecule has 0 radical (unpaired) electrons. The van der Waals surface area contributed by atoms with Gasteiger partial charge in [0.2, 0.25) is 0 Å². The number of hydrogen-bond donors (Lipinski definition) is 1. The summed E-state index contributed by atoms with van der Waals surface area (Å²) in [4.78, 5) is 0. The minimum absolute atomic E-state index is 0.166. The minimum atomic E-state index is -0.325. The molecule has 0 amide bonds. The van der Waals surface area contributed by atoms with Crippen LogP contribution >= 0.6 is 0 Å². The molecule has 4 heteroatoms. The van der Waals surface area contributed by atoms with Crippen LogP contribution in [-0.2, 0) is 4.74 Å². The summed E-state index contributed by atoms with van der Waals surface area (Å²) in [6.45, 7) is 6.61. The molecule has 0 aliphatic rings. The first-order valence-corrected chi connectivity index (χ1v) is 5.80. The first kappa shape index (κ1) is 13.9. The largest absolute Gasteiger partial charge is 0.491 e. The van der Waals surface area contributed by atoms with Gasteiger partial charge in [0.15, 0.2) is 0 Å². The summed E-state index contributed by atoms with van der Waals surface area (Å²) in [6, 6.07) is 4.21. The lowest BCUT2D eigenvalue weighted by Crippen LogP contribution is -2.13. The van der Waals surface area contributed by atoms with E-state index < -0.39 is 0 Å². The average Bonchev–Trinajstić information content (AvgIpc) is 2.23. The molecule has 0 aromatic heterocycles. The number of nitrogens with two attached hydrogens (primary N) is 1. The number of hydrogen-bond acceptors (Lipinski definition) is 3. The molecule has 2 N–H and O–H groups in total. The lowest BCUT2D eigenvalue weighted by molar-refractivity contribution is 0.0549. The topological polar surface area (TPSA) is 44.5 Å². The van der Waals surface area contributed by atoms with Crippen LogP contribution in [0, 0.1) is 5.82 Å². The third-order valence-electron chi connectivity index (χ3n) is 2.26. The second-order valence-corrected chi connectivity index (χ2v) is 4.24. The van der Waals surface area contributed by atoms with Crippen molar-refractivity contribution in [2.24, 2.45) is 5.73 Å². The Bertz CT molecular complexity index is 353. The van der Waals surface area contributed by atoms with Crippen molar-refractivity contribution in [3.05, 3.63) is 29.6 Å². The van der Waals surface area contributed by atoms with Crippen molar-refractivity contribution < 1.29 is 13.9 Å². The van der Waals surface area contributed by atoms with E-state index in [1.165, 1.54) is 12.1 Å². The van der Waals surface area contributed by atoms with E-state index in [-0.39, 0.29) is 18.0 Å². The van der Waals surface area contributed by atoms with Gasteiger partial charge in [-0.1, -0.05) is 6.07 Å². The molecule has 0 fully saturated rings. The predicted molar refractivity (Wildman–Crippen MR) is 65.6 cm³/mol. The third-order valence-corrected chi connectivity index (χ3v) is 2.26. The summed E-state index contributed by atoms with van der Waals surface area (Å²) in [5, 5.41) is 0. The Labute approximate surface area is 102 Å². The zero-order chi connectivity index (χ0) is 12.8. The van der Waals surface area contributed by atoms with Gasteiger partial charge >= 0.3 is 0 Å². The predicted octanol–water partition coefficient (Wildman–Crippen LogP) is 2.65. The number of ether oxygens (including phenoxy) is 2. The van der Waals surface area contributed by atoms with E-state index in [9.17, 15) is 4.39 Å². The molecule has 0 saturated heterocycles. The number of halogens is 1. The Morgan fingerprint density at radius 3 is 2.53 bits per heavy atom. The van der Waals surface area contributed by atoms with Gasteiger partial charge in [0.1, 0.15) is 18.2 Å². The van der Waals surface area contributed by atoms with E-state index in [4.69, 9.17) is 15.2 Å². The van der Waals surface area contributed by atoms with Crippen LogP contribution < -0.4 is 10.5 Å². The van der Waals surface area contributed by atoms with Crippen molar-refractivity contribution in [1.82, 2.24) is 0 Å². The minimum Gasteiger partial charge on any atom is -0.491 e. The van der Waals surface area contributed by atoms with Gasteiger partial charge in [-0.3, -0.25) is 0 Å². The van der Waals surface area contributed by atoms with E-state index in [2.05, 4.69) is 0 Å². The van der Waals surface area contributed by atoms with E-state index in [1.807, 2.05) is 20.8 Å². The highest BCUT2D eigenvalue weighted by Gasteiger charge is 2.09. The van der Waals surface area contributed by atoms with Gasteiger partial charge < -0.3 is 15.2 Å². The van der Waals surface area contributed by atoms with E-state index in [0.717, 1.165) is 5.56 Å². The molecule has 0 bridgehead atoms. The molecule has 96 valence electrons. The first-order valence-electron chi connectivity index (χ1n) is 5.80. The molecule has 1 rings (SSSR count). The molecule has 17 heavy (non-hydrogen) atoms. The van der Waals surface area contributed by atoms with Gasteiger partial charge in [-0.05, 0) is 26.8 Å². The molecule has 0 spiro atoms. The van der Waals surface area contributed by atoms with Crippen LogP contribution in [0.4, 0.5) is 4.39 Å². The average molecular weight is 241 g/mol. The van der Waals surface area contributed by atoms with Gasteiger partial charge in [0, 0.05) is 17.7 Å². The fourth-order valence-corrected chi connectivity index (χ4v) is 1.44. The van der Waals surface area contributed by atoms with Gasteiger partial charge in [-0.15, -0.1) is 0 Å². The van der Waals surface area contributed by atoms with Crippen LogP contribution in [0.25, 0.3) is 0 Å². The quantitative estimate of drug-likeness (QED) is 0.779. The Kier molecular flexibility index (Phi) is 5.38. The molecule has 1 aromatic carbocycles. The highest BCUT2D eigenvalue weighted by Crippen LogP contribution is 2.24. The van der Waals surface area contributed by atoms with Crippen molar-refractivity contribution in [2.75, 3.05) is 13.2 Å². The van der Waals surface area contributed by atoms with E-state index >= 15 is 0 Å². The van der Waals surface area contributed by atoms with Gasteiger partial charge in [-0.25, -0.2) is 4.39 Å². The maximum absolute atomic E-state index is 13.1. The fraction of sp³-hybridized carbons (Fsp3) is 0.538. The molecular formula is C13H20FNO2. The normalized spacial score (nSPS) is 12.8. The SMILES string of the molecule is CC(C)OCCOc1cc(F)ccc1[C@H](C)N. The van der Waals surface area contributed by atoms with Crippen LogP contribution in [0.3, 0.4) is 0 Å². The van der Waals surface area contributed by atoms with Crippen molar-refractivity contribution in [2.45, 2.75) is 32.9 Å². The highest BCUT2D eigenvalue weighted by molar-refractivity contribution is 5.36.